The van der Waals surface area contributed by atoms with Crippen molar-refractivity contribution in [3.63, 3.8) is 0 Å². The van der Waals surface area contributed by atoms with Gasteiger partial charge in [0.15, 0.2) is 0 Å². The fourth-order valence-corrected chi connectivity index (χ4v) is 5.34. The molecule has 1 aromatic heterocycles. The van der Waals surface area contributed by atoms with Gasteiger partial charge in [0, 0.05) is 18.0 Å². The molecule has 0 radical (unpaired) electrons. The molecular weight excluding hydrogens is 463 g/mol. The molecular formula is C21H23BrF3N3O2. The number of rotatable bonds is 4. The van der Waals surface area contributed by atoms with E-state index in [1.165, 1.54) is 6.07 Å². The van der Waals surface area contributed by atoms with E-state index in [4.69, 9.17) is 0 Å². The topological polar surface area (TPSA) is 57.5 Å². The zero-order valence-corrected chi connectivity index (χ0v) is 18.2. The largest absolute Gasteiger partial charge is 0.489 e. The molecule has 2 N–H and O–H groups in total. The predicted molar refractivity (Wildman–Crippen MR) is 112 cm³/mol. The highest BCUT2D eigenvalue weighted by Gasteiger charge is 2.41. The van der Waals surface area contributed by atoms with Crippen LogP contribution in [0.25, 0.3) is 16.5 Å². The van der Waals surface area contributed by atoms with Crippen LogP contribution in [0.5, 0.6) is 0 Å². The average Bonchev–Trinajstić information content (AvgIpc) is 2.99. The zero-order valence-electron chi connectivity index (χ0n) is 16.6. The Morgan fingerprint density at radius 3 is 2.77 bits per heavy atom. The van der Waals surface area contributed by atoms with E-state index in [1.54, 1.807) is 6.07 Å². The second kappa shape index (κ2) is 7.69. The van der Waals surface area contributed by atoms with E-state index in [0.717, 1.165) is 11.1 Å². The second-order valence-electron chi connectivity index (χ2n) is 7.96. The summed E-state index contributed by atoms with van der Waals surface area (Å²) in [6.07, 6.45) is -1.60. The third-order valence-corrected chi connectivity index (χ3v) is 6.98. The van der Waals surface area contributed by atoms with Gasteiger partial charge in [-0.15, -0.1) is 13.2 Å². The summed E-state index contributed by atoms with van der Waals surface area (Å²) in [5.74, 6) is -0.618. The van der Waals surface area contributed by atoms with Crippen molar-refractivity contribution in [2.45, 2.75) is 38.1 Å². The smallest absolute Gasteiger partial charge is 0.394 e. The van der Waals surface area contributed by atoms with Gasteiger partial charge < -0.3 is 10.4 Å². The number of nitrogens with one attached hydrogen (secondary N) is 1. The molecule has 3 atom stereocenters. The zero-order chi connectivity index (χ0) is 21.8. The van der Waals surface area contributed by atoms with Crippen molar-refractivity contribution in [2.24, 2.45) is 5.92 Å². The van der Waals surface area contributed by atoms with Crippen molar-refractivity contribution >= 4 is 38.3 Å². The number of amides is 1. The van der Waals surface area contributed by atoms with Gasteiger partial charge in [-0.3, -0.25) is 9.69 Å². The molecule has 1 amide bonds. The van der Waals surface area contributed by atoms with Gasteiger partial charge in [-0.2, -0.15) is 0 Å². The van der Waals surface area contributed by atoms with E-state index in [2.05, 4.69) is 21.2 Å². The van der Waals surface area contributed by atoms with Gasteiger partial charge in [0.25, 0.3) is 0 Å². The lowest BCUT2D eigenvalue weighted by molar-refractivity contribution is -0.202. The molecule has 1 aliphatic heterocycles. The number of carbonyl (C=O) groups is 1. The van der Waals surface area contributed by atoms with Crippen molar-refractivity contribution < 1.29 is 23.1 Å². The molecule has 1 aromatic carbocycles. The van der Waals surface area contributed by atoms with Crippen LogP contribution in [-0.2, 0) is 17.5 Å². The minimum absolute atomic E-state index is 0.0403. The summed E-state index contributed by atoms with van der Waals surface area (Å²) in [6.45, 7) is 2.21. The number of fused-ring (bicyclic) bond motifs is 2. The molecule has 4 rings (SSSR count). The summed E-state index contributed by atoms with van der Waals surface area (Å²) in [5.41, 5.74) is 2.37. The molecule has 0 spiro atoms. The van der Waals surface area contributed by atoms with Crippen LogP contribution >= 0.6 is 15.9 Å². The third-order valence-electron chi connectivity index (χ3n) is 6.15. The number of benzene rings is 1. The van der Waals surface area contributed by atoms with E-state index < -0.39 is 12.2 Å². The normalized spacial score (nSPS) is 22.6. The monoisotopic (exact) mass is 485 g/mol. The molecule has 0 saturated heterocycles. The summed E-state index contributed by atoms with van der Waals surface area (Å²) in [5, 5.41) is 12.8. The van der Waals surface area contributed by atoms with Crippen molar-refractivity contribution in [1.82, 2.24) is 14.8 Å². The average molecular weight is 486 g/mol. The molecule has 0 fully saturated rings. The molecule has 0 saturated carbocycles. The standard InChI is InChI=1S/C21H23BrF3N3O2/c1-3-12(10-29)26-20(30)11-7-14-13-5-4-6-16-18(13)15(8-17(14)27(2)9-11)19(22)28(16)21(23,24)25/h4-7,11-12,17,29H,3,8-10H2,1-2H3,(H,26,30)/t11-,12+,17-/m1/s1. The van der Waals surface area contributed by atoms with Crippen LogP contribution < -0.4 is 5.32 Å². The van der Waals surface area contributed by atoms with E-state index in [-0.39, 0.29) is 34.7 Å². The van der Waals surface area contributed by atoms with Crippen LogP contribution in [-0.4, -0.2) is 52.8 Å². The Morgan fingerprint density at radius 1 is 1.40 bits per heavy atom. The number of nitrogens with zero attached hydrogens (tertiary/aromatic N) is 2. The summed E-state index contributed by atoms with van der Waals surface area (Å²) in [6, 6.07) is 4.52. The lowest BCUT2D eigenvalue weighted by Crippen LogP contribution is -2.48. The summed E-state index contributed by atoms with van der Waals surface area (Å²) < 4.78 is 41.6. The van der Waals surface area contributed by atoms with Gasteiger partial charge in [-0.25, -0.2) is 4.57 Å². The number of hydrogen-bond acceptors (Lipinski definition) is 3. The Morgan fingerprint density at radius 2 is 2.13 bits per heavy atom. The highest BCUT2D eigenvalue weighted by molar-refractivity contribution is 9.10. The second-order valence-corrected chi connectivity index (χ2v) is 8.71. The highest BCUT2D eigenvalue weighted by Crippen LogP contribution is 2.47. The first-order chi connectivity index (χ1) is 14.2. The van der Waals surface area contributed by atoms with Crippen LogP contribution in [0.2, 0.25) is 0 Å². The molecule has 0 unspecified atom stereocenters. The van der Waals surface area contributed by atoms with Gasteiger partial charge in [-0.1, -0.05) is 25.1 Å². The van der Waals surface area contributed by atoms with E-state index >= 15 is 0 Å². The number of aromatic nitrogens is 1. The number of carbonyl (C=O) groups excluding carboxylic acids is 1. The van der Waals surface area contributed by atoms with Crippen LogP contribution in [0, 0.1) is 5.92 Å². The molecule has 0 bridgehead atoms. The molecule has 9 heteroatoms. The number of aliphatic hydroxyl groups excluding tert-OH is 1. The quantitative estimate of drug-likeness (QED) is 0.694. The van der Waals surface area contributed by atoms with Crippen LogP contribution in [0.1, 0.15) is 24.5 Å². The fourth-order valence-electron chi connectivity index (χ4n) is 4.59. The number of hydrogen-bond donors (Lipinski definition) is 2. The number of halogens is 4. The Bertz CT molecular complexity index is 1030. The van der Waals surface area contributed by atoms with Gasteiger partial charge in [0.1, 0.15) is 0 Å². The van der Waals surface area contributed by atoms with Crippen LogP contribution in [0.15, 0.2) is 28.9 Å². The van der Waals surface area contributed by atoms with Crippen LogP contribution in [0.3, 0.4) is 0 Å². The molecule has 162 valence electrons. The summed E-state index contributed by atoms with van der Waals surface area (Å²) >= 11 is 3.19. The van der Waals surface area contributed by atoms with E-state index in [0.29, 0.717) is 34.9 Å². The maximum absolute atomic E-state index is 13.7. The van der Waals surface area contributed by atoms with Crippen molar-refractivity contribution in [3.05, 3.63) is 40.0 Å². The Labute approximate surface area is 180 Å². The maximum atomic E-state index is 13.7. The third kappa shape index (κ3) is 3.36. The van der Waals surface area contributed by atoms with Gasteiger partial charge >= 0.3 is 6.30 Å². The van der Waals surface area contributed by atoms with E-state index in [9.17, 15) is 23.1 Å². The maximum Gasteiger partial charge on any atom is 0.489 e. The SMILES string of the molecule is CC[C@@H](CO)NC(=O)[C@@H]1C=C2c3cccc4c3c(c(Br)n4C(F)(F)F)C[C@H]2N(C)C1. The molecule has 2 aromatic rings. The van der Waals surface area contributed by atoms with Gasteiger partial charge in [0.2, 0.25) is 5.91 Å². The highest BCUT2D eigenvalue weighted by atomic mass is 79.9. The number of likely N-dealkylation sites (N-methyl/N-ethyl adjacent to an activating group) is 1. The first kappa shape index (κ1) is 21.4. The number of aliphatic hydroxyl groups is 1. The lowest BCUT2D eigenvalue weighted by Gasteiger charge is -2.39. The molecule has 2 aliphatic rings. The molecule has 1 aliphatic carbocycles. The van der Waals surface area contributed by atoms with Crippen molar-refractivity contribution in [3.8, 4) is 0 Å². The minimum Gasteiger partial charge on any atom is -0.394 e. The van der Waals surface area contributed by atoms with Gasteiger partial charge in [-0.05, 0) is 58.6 Å². The van der Waals surface area contributed by atoms with E-state index in [1.807, 2.05) is 31.0 Å². The molecule has 2 heterocycles. The summed E-state index contributed by atoms with van der Waals surface area (Å²) in [7, 11) is 1.89. The lowest BCUT2D eigenvalue weighted by atomic mass is 9.79. The first-order valence-corrected chi connectivity index (χ1v) is 10.7. The molecule has 30 heavy (non-hydrogen) atoms. The fraction of sp³-hybridized carbons (Fsp3) is 0.476. The Kier molecular flexibility index (Phi) is 5.48. The van der Waals surface area contributed by atoms with Crippen molar-refractivity contribution in [1.29, 1.82) is 0 Å². The van der Waals surface area contributed by atoms with Crippen LogP contribution in [0.4, 0.5) is 13.2 Å². The number of alkyl halides is 3. The Balaban J connectivity index is 1.82. The van der Waals surface area contributed by atoms with Gasteiger partial charge in [0.05, 0.1) is 28.7 Å². The minimum atomic E-state index is -4.54. The summed E-state index contributed by atoms with van der Waals surface area (Å²) in [4.78, 5) is 14.8. The molecule has 5 nitrogen and oxygen atoms in total. The van der Waals surface area contributed by atoms with Crippen molar-refractivity contribution in [2.75, 3.05) is 20.2 Å². The predicted octanol–water partition coefficient (Wildman–Crippen LogP) is 3.64. The Hall–Kier alpha value is -1.84. The first-order valence-electron chi connectivity index (χ1n) is 9.89.